The summed E-state index contributed by atoms with van der Waals surface area (Å²) >= 11 is 3.07. The summed E-state index contributed by atoms with van der Waals surface area (Å²) in [6.45, 7) is 0. The zero-order chi connectivity index (χ0) is 10.7. The highest BCUT2D eigenvalue weighted by molar-refractivity contribution is 7.98. The zero-order valence-electron chi connectivity index (χ0n) is 7.88. The van der Waals surface area contributed by atoms with E-state index in [0.29, 0.717) is 10.8 Å². The molecular weight excluding hydrogens is 228 g/mol. The Labute approximate surface area is 95.7 Å². The predicted octanol–water partition coefficient (Wildman–Crippen LogP) is 1.99. The lowest BCUT2D eigenvalue weighted by molar-refractivity contribution is 1.13. The summed E-state index contributed by atoms with van der Waals surface area (Å²) in [5, 5.41) is 3.51. The van der Waals surface area contributed by atoms with Crippen LogP contribution in [0.2, 0.25) is 0 Å². The number of thiazole rings is 1. The van der Waals surface area contributed by atoms with E-state index in [-0.39, 0.29) is 0 Å². The molecule has 2 heterocycles. The average Bonchev–Trinajstić information content (AvgIpc) is 2.64. The Bertz CT molecular complexity index is 438. The Balaban J connectivity index is 1.96. The van der Waals surface area contributed by atoms with Gasteiger partial charge in [0.1, 0.15) is 0 Å². The molecule has 0 aliphatic rings. The molecule has 0 spiro atoms. The summed E-state index contributed by atoms with van der Waals surface area (Å²) in [5.74, 6) is 0.782. The number of pyridine rings is 1. The summed E-state index contributed by atoms with van der Waals surface area (Å²) in [4.78, 5) is 8.35. The molecule has 0 saturated heterocycles. The van der Waals surface area contributed by atoms with Gasteiger partial charge < -0.3 is 11.5 Å². The maximum atomic E-state index is 5.54. The van der Waals surface area contributed by atoms with Crippen molar-refractivity contribution in [2.45, 2.75) is 10.8 Å². The van der Waals surface area contributed by atoms with Crippen molar-refractivity contribution in [3.63, 3.8) is 0 Å². The Hall–Kier alpha value is -1.27. The van der Waals surface area contributed by atoms with Gasteiger partial charge in [0.05, 0.1) is 22.6 Å². The monoisotopic (exact) mass is 238 g/mol. The number of anilines is 2. The molecule has 15 heavy (non-hydrogen) atoms. The Kier molecular flexibility index (Phi) is 3.08. The molecule has 0 saturated carbocycles. The highest BCUT2D eigenvalue weighted by Gasteiger charge is 2.01. The fourth-order valence-electron chi connectivity index (χ4n) is 1.01. The van der Waals surface area contributed by atoms with Crippen molar-refractivity contribution in [1.29, 1.82) is 0 Å². The molecule has 0 atom stereocenters. The zero-order valence-corrected chi connectivity index (χ0v) is 9.52. The molecule has 0 amide bonds. The minimum absolute atomic E-state index is 0.607. The standard InChI is InChI=1S/C9H10N4S2/c10-6-1-2-8(12-3-6)14-4-7-5-15-9(11)13-7/h1-3,5H,4,10H2,(H2,11,13). The SMILES string of the molecule is Nc1ccc(SCc2csc(N)n2)nc1. The van der Waals surface area contributed by atoms with Crippen LogP contribution in [0.15, 0.2) is 28.7 Å². The topological polar surface area (TPSA) is 77.8 Å². The van der Waals surface area contributed by atoms with E-state index in [4.69, 9.17) is 11.5 Å². The highest BCUT2D eigenvalue weighted by Crippen LogP contribution is 2.22. The van der Waals surface area contributed by atoms with E-state index in [1.807, 2.05) is 17.5 Å². The molecule has 0 aliphatic carbocycles. The van der Waals surface area contributed by atoms with E-state index >= 15 is 0 Å². The van der Waals surface area contributed by atoms with Crippen LogP contribution < -0.4 is 11.5 Å². The number of aromatic nitrogens is 2. The van der Waals surface area contributed by atoms with Crippen LogP contribution in [0.3, 0.4) is 0 Å². The van der Waals surface area contributed by atoms with Crippen LogP contribution in [0, 0.1) is 0 Å². The van der Waals surface area contributed by atoms with Crippen molar-refractivity contribution in [2.75, 3.05) is 11.5 Å². The highest BCUT2D eigenvalue weighted by atomic mass is 32.2. The number of nitrogen functional groups attached to an aromatic ring is 2. The number of nitrogens with two attached hydrogens (primary N) is 2. The molecule has 0 fully saturated rings. The lowest BCUT2D eigenvalue weighted by Gasteiger charge is -1.98. The number of thioether (sulfide) groups is 1. The normalized spacial score (nSPS) is 10.4. The first-order valence-corrected chi connectivity index (χ1v) is 6.15. The summed E-state index contributed by atoms with van der Waals surface area (Å²) in [7, 11) is 0. The summed E-state index contributed by atoms with van der Waals surface area (Å²) < 4.78 is 0. The molecule has 2 aromatic rings. The number of hydrogen-bond acceptors (Lipinski definition) is 6. The molecule has 0 unspecified atom stereocenters. The molecule has 0 bridgehead atoms. The van der Waals surface area contributed by atoms with Crippen molar-refractivity contribution >= 4 is 33.9 Å². The molecule has 2 rings (SSSR count). The van der Waals surface area contributed by atoms with Gasteiger partial charge in [-0.25, -0.2) is 9.97 Å². The Morgan fingerprint density at radius 1 is 1.33 bits per heavy atom. The van der Waals surface area contributed by atoms with Crippen molar-refractivity contribution < 1.29 is 0 Å². The number of nitrogens with zero attached hydrogens (tertiary/aromatic N) is 2. The van der Waals surface area contributed by atoms with Crippen LogP contribution in [-0.2, 0) is 5.75 Å². The number of hydrogen-bond donors (Lipinski definition) is 2. The molecular formula is C9H10N4S2. The van der Waals surface area contributed by atoms with Crippen LogP contribution in [0.25, 0.3) is 0 Å². The predicted molar refractivity (Wildman–Crippen MR) is 64.7 cm³/mol. The second-order valence-corrected chi connectivity index (χ2v) is 4.78. The minimum Gasteiger partial charge on any atom is -0.397 e. The van der Waals surface area contributed by atoms with E-state index < -0.39 is 0 Å². The summed E-state index contributed by atoms with van der Waals surface area (Å²) in [6.07, 6.45) is 1.65. The van der Waals surface area contributed by atoms with Crippen molar-refractivity contribution in [2.24, 2.45) is 0 Å². The van der Waals surface area contributed by atoms with Gasteiger partial charge in [0.15, 0.2) is 5.13 Å². The van der Waals surface area contributed by atoms with Crippen molar-refractivity contribution in [3.05, 3.63) is 29.4 Å². The van der Waals surface area contributed by atoms with Crippen molar-refractivity contribution in [1.82, 2.24) is 9.97 Å². The first-order chi connectivity index (χ1) is 7.24. The fraction of sp³-hybridized carbons (Fsp3) is 0.111. The molecule has 2 aromatic heterocycles. The lowest BCUT2D eigenvalue weighted by atomic mass is 10.4. The average molecular weight is 238 g/mol. The molecule has 78 valence electrons. The summed E-state index contributed by atoms with van der Waals surface area (Å²) in [5.41, 5.74) is 12.7. The van der Waals surface area contributed by atoms with Gasteiger partial charge in [-0.05, 0) is 12.1 Å². The van der Waals surface area contributed by atoms with Crippen LogP contribution in [0.1, 0.15) is 5.69 Å². The van der Waals surface area contributed by atoms with Crippen LogP contribution in [0.4, 0.5) is 10.8 Å². The van der Waals surface area contributed by atoms with E-state index in [2.05, 4.69) is 9.97 Å². The van der Waals surface area contributed by atoms with Crippen LogP contribution >= 0.6 is 23.1 Å². The number of rotatable bonds is 3. The van der Waals surface area contributed by atoms with Gasteiger partial charge >= 0.3 is 0 Å². The first-order valence-electron chi connectivity index (χ1n) is 4.28. The molecule has 4 nitrogen and oxygen atoms in total. The largest absolute Gasteiger partial charge is 0.397 e. The van der Waals surface area contributed by atoms with Gasteiger partial charge in [-0.3, -0.25) is 0 Å². The van der Waals surface area contributed by atoms with Gasteiger partial charge in [-0.15, -0.1) is 23.1 Å². The minimum atomic E-state index is 0.607. The van der Waals surface area contributed by atoms with E-state index in [1.165, 1.54) is 11.3 Å². The van der Waals surface area contributed by atoms with Crippen LogP contribution in [0.5, 0.6) is 0 Å². The molecule has 0 aliphatic heterocycles. The quantitative estimate of drug-likeness (QED) is 0.800. The first kappa shape index (κ1) is 10.3. The van der Waals surface area contributed by atoms with E-state index in [0.717, 1.165) is 16.5 Å². The second kappa shape index (κ2) is 4.50. The van der Waals surface area contributed by atoms with E-state index in [9.17, 15) is 0 Å². The van der Waals surface area contributed by atoms with Gasteiger partial charge in [-0.1, -0.05) is 0 Å². The lowest BCUT2D eigenvalue weighted by Crippen LogP contribution is -1.88. The van der Waals surface area contributed by atoms with Gasteiger partial charge in [0.25, 0.3) is 0 Å². The second-order valence-electron chi connectivity index (χ2n) is 2.90. The molecule has 6 heteroatoms. The molecule has 0 radical (unpaired) electrons. The van der Waals surface area contributed by atoms with Gasteiger partial charge in [0.2, 0.25) is 0 Å². The maximum absolute atomic E-state index is 5.54. The smallest absolute Gasteiger partial charge is 0.180 e. The third kappa shape index (κ3) is 2.84. The van der Waals surface area contributed by atoms with Gasteiger partial charge in [-0.2, -0.15) is 0 Å². The Morgan fingerprint density at radius 3 is 2.80 bits per heavy atom. The maximum Gasteiger partial charge on any atom is 0.180 e. The molecule has 4 N–H and O–H groups in total. The third-order valence-corrected chi connectivity index (χ3v) is 3.40. The van der Waals surface area contributed by atoms with Crippen molar-refractivity contribution in [3.8, 4) is 0 Å². The Morgan fingerprint density at radius 2 is 2.20 bits per heavy atom. The third-order valence-electron chi connectivity index (χ3n) is 1.70. The van der Waals surface area contributed by atoms with Gasteiger partial charge in [0, 0.05) is 11.1 Å². The van der Waals surface area contributed by atoms with E-state index in [1.54, 1.807) is 18.0 Å². The molecule has 0 aromatic carbocycles. The van der Waals surface area contributed by atoms with Crippen LogP contribution in [-0.4, -0.2) is 9.97 Å². The fourth-order valence-corrected chi connectivity index (χ4v) is 2.42. The summed E-state index contributed by atoms with van der Waals surface area (Å²) in [6, 6.07) is 3.74.